The van der Waals surface area contributed by atoms with E-state index >= 15 is 0 Å². The molecular formula is C17H19ClN4O. The van der Waals surface area contributed by atoms with Gasteiger partial charge in [0.25, 0.3) is 0 Å². The fourth-order valence-corrected chi connectivity index (χ4v) is 3.15. The summed E-state index contributed by atoms with van der Waals surface area (Å²) in [6.07, 6.45) is 3.86. The van der Waals surface area contributed by atoms with Crippen molar-refractivity contribution in [3.8, 4) is 11.5 Å². The van der Waals surface area contributed by atoms with Crippen molar-refractivity contribution in [1.29, 1.82) is 0 Å². The van der Waals surface area contributed by atoms with Crippen LogP contribution in [0.4, 0.5) is 0 Å². The SMILES string of the molecule is C[C@H]1C[C@@H](c2nc(-c3nccc4ccccc34)no2)CCN1.Cl. The van der Waals surface area contributed by atoms with Crippen molar-refractivity contribution in [3.05, 3.63) is 42.4 Å². The lowest BCUT2D eigenvalue weighted by atomic mass is 9.93. The van der Waals surface area contributed by atoms with E-state index in [1.54, 1.807) is 6.20 Å². The number of nitrogens with zero attached hydrogens (tertiary/aromatic N) is 3. The van der Waals surface area contributed by atoms with Crippen LogP contribution in [0, 0.1) is 0 Å². The van der Waals surface area contributed by atoms with E-state index in [4.69, 9.17) is 4.52 Å². The molecule has 2 atom stereocenters. The van der Waals surface area contributed by atoms with Gasteiger partial charge >= 0.3 is 0 Å². The summed E-state index contributed by atoms with van der Waals surface area (Å²) in [5, 5.41) is 9.80. The van der Waals surface area contributed by atoms with Crippen LogP contribution in [0.1, 0.15) is 31.6 Å². The van der Waals surface area contributed by atoms with Gasteiger partial charge in [0, 0.05) is 23.5 Å². The highest BCUT2D eigenvalue weighted by Gasteiger charge is 2.25. The summed E-state index contributed by atoms with van der Waals surface area (Å²) in [4.78, 5) is 9.07. The summed E-state index contributed by atoms with van der Waals surface area (Å²) >= 11 is 0. The molecule has 1 fully saturated rings. The van der Waals surface area contributed by atoms with Gasteiger partial charge in [0.2, 0.25) is 11.7 Å². The van der Waals surface area contributed by atoms with E-state index in [2.05, 4.69) is 33.4 Å². The Labute approximate surface area is 140 Å². The quantitative estimate of drug-likeness (QED) is 0.778. The van der Waals surface area contributed by atoms with Gasteiger partial charge < -0.3 is 9.84 Å². The Hall–Kier alpha value is -1.98. The van der Waals surface area contributed by atoms with Crippen LogP contribution in [0.15, 0.2) is 41.1 Å². The standard InChI is InChI=1S/C17H18N4O.ClH/c1-11-10-13(7-8-18-11)17-20-16(21-22-17)15-14-5-3-2-4-12(14)6-9-19-15;/h2-6,9,11,13,18H,7-8,10H2,1H3;1H/t11-,13-;/m0./s1. The summed E-state index contributed by atoms with van der Waals surface area (Å²) in [6, 6.07) is 10.6. The first-order chi connectivity index (χ1) is 10.8. The molecule has 1 aliphatic heterocycles. The molecule has 2 aromatic heterocycles. The number of piperidine rings is 1. The number of hydrogen-bond donors (Lipinski definition) is 1. The van der Waals surface area contributed by atoms with Crippen molar-refractivity contribution in [2.75, 3.05) is 6.54 Å². The Morgan fingerprint density at radius 2 is 2.09 bits per heavy atom. The number of aromatic nitrogens is 3. The van der Waals surface area contributed by atoms with Crippen molar-refractivity contribution in [3.63, 3.8) is 0 Å². The average Bonchev–Trinajstić information content (AvgIpc) is 3.04. The minimum absolute atomic E-state index is 0. The Bertz CT molecular complexity index is 799. The molecule has 6 heteroatoms. The highest BCUT2D eigenvalue weighted by Crippen LogP contribution is 2.29. The second-order valence-corrected chi connectivity index (χ2v) is 5.91. The third kappa shape index (κ3) is 3.07. The fraction of sp³-hybridized carbons (Fsp3) is 0.353. The van der Waals surface area contributed by atoms with E-state index in [-0.39, 0.29) is 12.4 Å². The molecule has 0 aliphatic carbocycles. The van der Waals surface area contributed by atoms with Crippen molar-refractivity contribution < 1.29 is 4.52 Å². The van der Waals surface area contributed by atoms with Crippen molar-refractivity contribution in [1.82, 2.24) is 20.4 Å². The molecule has 0 amide bonds. The van der Waals surface area contributed by atoms with Gasteiger partial charge in [-0.2, -0.15) is 4.98 Å². The van der Waals surface area contributed by atoms with Gasteiger partial charge in [-0.05, 0) is 37.8 Å². The first-order valence-electron chi connectivity index (χ1n) is 7.72. The van der Waals surface area contributed by atoms with Gasteiger partial charge in [-0.1, -0.05) is 29.4 Å². The van der Waals surface area contributed by atoms with Crippen LogP contribution < -0.4 is 5.32 Å². The third-order valence-electron chi connectivity index (χ3n) is 4.30. The topological polar surface area (TPSA) is 63.8 Å². The molecule has 1 aliphatic rings. The maximum absolute atomic E-state index is 5.53. The summed E-state index contributed by atoms with van der Waals surface area (Å²) in [5.41, 5.74) is 0.787. The Morgan fingerprint density at radius 1 is 1.22 bits per heavy atom. The molecule has 1 saturated heterocycles. The molecule has 1 aromatic carbocycles. The van der Waals surface area contributed by atoms with E-state index in [9.17, 15) is 0 Å². The number of benzene rings is 1. The van der Waals surface area contributed by atoms with Crippen LogP contribution in [0.2, 0.25) is 0 Å². The Morgan fingerprint density at radius 3 is 2.96 bits per heavy atom. The van der Waals surface area contributed by atoms with Crippen LogP contribution in [0.3, 0.4) is 0 Å². The average molecular weight is 331 g/mol. The second-order valence-electron chi connectivity index (χ2n) is 5.91. The number of fused-ring (bicyclic) bond motifs is 1. The van der Waals surface area contributed by atoms with E-state index in [0.717, 1.165) is 41.7 Å². The summed E-state index contributed by atoms with van der Waals surface area (Å²) in [7, 11) is 0. The molecule has 1 N–H and O–H groups in total. The molecule has 0 radical (unpaired) electrons. The minimum atomic E-state index is 0. The predicted molar refractivity (Wildman–Crippen MR) is 91.7 cm³/mol. The normalized spacial score (nSPS) is 21.1. The predicted octanol–water partition coefficient (Wildman–Crippen LogP) is 3.56. The summed E-state index contributed by atoms with van der Waals surface area (Å²) < 4.78 is 5.53. The number of hydrogen-bond acceptors (Lipinski definition) is 5. The molecule has 120 valence electrons. The molecular weight excluding hydrogens is 312 g/mol. The van der Waals surface area contributed by atoms with Gasteiger partial charge in [0.05, 0.1) is 0 Å². The number of pyridine rings is 1. The summed E-state index contributed by atoms with van der Waals surface area (Å²) in [6.45, 7) is 3.19. The smallest absolute Gasteiger partial charge is 0.230 e. The fourth-order valence-electron chi connectivity index (χ4n) is 3.15. The van der Waals surface area contributed by atoms with Crippen LogP contribution >= 0.6 is 12.4 Å². The van der Waals surface area contributed by atoms with Crippen molar-refractivity contribution in [2.45, 2.75) is 31.7 Å². The molecule has 5 nitrogen and oxygen atoms in total. The summed E-state index contributed by atoms with van der Waals surface area (Å²) in [5.74, 6) is 1.66. The molecule has 0 saturated carbocycles. The largest absolute Gasteiger partial charge is 0.339 e. The zero-order chi connectivity index (χ0) is 14.9. The molecule has 0 spiro atoms. The number of nitrogens with one attached hydrogen (secondary N) is 1. The lowest BCUT2D eigenvalue weighted by Crippen LogP contribution is -2.34. The van der Waals surface area contributed by atoms with Gasteiger partial charge in [0.15, 0.2) is 0 Å². The first kappa shape index (κ1) is 15.9. The number of halogens is 1. The maximum Gasteiger partial charge on any atom is 0.230 e. The molecule has 23 heavy (non-hydrogen) atoms. The van der Waals surface area contributed by atoms with Crippen molar-refractivity contribution in [2.24, 2.45) is 0 Å². The van der Waals surface area contributed by atoms with E-state index in [0.29, 0.717) is 17.8 Å². The molecule has 4 rings (SSSR count). The molecule has 3 aromatic rings. The Kier molecular flexibility index (Phi) is 4.59. The maximum atomic E-state index is 5.53. The molecule has 0 bridgehead atoms. The van der Waals surface area contributed by atoms with E-state index in [1.807, 2.05) is 24.3 Å². The monoisotopic (exact) mass is 330 g/mol. The van der Waals surface area contributed by atoms with Crippen LogP contribution in [-0.2, 0) is 0 Å². The van der Waals surface area contributed by atoms with E-state index in [1.165, 1.54) is 0 Å². The zero-order valence-electron chi connectivity index (χ0n) is 12.9. The highest BCUT2D eigenvalue weighted by molar-refractivity contribution is 5.92. The lowest BCUT2D eigenvalue weighted by Gasteiger charge is -2.25. The number of rotatable bonds is 2. The van der Waals surface area contributed by atoms with Crippen LogP contribution in [-0.4, -0.2) is 27.7 Å². The molecule has 3 heterocycles. The van der Waals surface area contributed by atoms with Crippen molar-refractivity contribution >= 4 is 23.2 Å². The van der Waals surface area contributed by atoms with Gasteiger partial charge in [-0.15, -0.1) is 12.4 Å². The second kappa shape index (κ2) is 6.64. The van der Waals surface area contributed by atoms with E-state index < -0.39 is 0 Å². The minimum Gasteiger partial charge on any atom is -0.339 e. The highest BCUT2D eigenvalue weighted by atomic mass is 35.5. The van der Waals surface area contributed by atoms with Gasteiger partial charge in [0.1, 0.15) is 5.69 Å². The molecule has 0 unspecified atom stereocenters. The Balaban J connectivity index is 0.00000156. The zero-order valence-corrected chi connectivity index (χ0v) is 13.7. The lowest BCUT2D eigenvalue weighted by molar-refractivity contribution is 0.295. The third-order valence-corrected chi connectivity index (χ3v) is 4.30. The first-order valence-corrected chi connectivity index (χ1v) is 7.72. The van der Waals surface area contributed by atoms with Gasteiger partial charge in [-0.25, -0.2) is 0 Å². The van der Waals surface area contributed by atoms with Crippen LogP contribution in [0.25, 0.3) is 22.3 Å². The van der Waals surface area contributed by atoms with Gasteiger partial charge in [-0.3, -0.25) is 4.98 Å². The van der Waals surface area contributed by atoms with Crippen LogP contribution in [0.5, 0.6) is 0 Å².